The molecule has 4 heteroatoms. The highest BCUT2D eigenvalue weighted by atomic mass is 16.6. The Morgan fingerprint density at radius 2 is 2.11 bits per heavy atom. The van der Waals surface area contributed by atoms with Crippen LogP contribution in [-0.4, -0.2) is 42.4 Å². The summed E-state index contributed by atoms with van der Waals surface area (Å²) in [5.74, 6) is 2.22. The highest BCUT2D eigenvalue weighted by Gasteiger charge is 2.79. The van der Waals surface area contributed by atoms with Crippen molar-refractivity contribution >= 4 is 5.78 Å². The minimum absolute atomic E-state index is 0.0143. The predicted molar refractivity (Wildman–Crippen MR) is 102 cm³/mol. The quantitative estimate of drug-likeness (QED) is 0.603. The predicted octanol–water partition coefficient (Wildman–Crippen LogP) is 3.66. The van der Waals surface area contributed by atoms with Gasteiger partial charge in [0.25, 0.3) is 0 Å². The van der Waals surface area contributed by atoms with Gasteiger partial charge in [-0.25, -0.2) is 0 Å². The third kappa shape index (κ3) is 2.24. The van der Waals surface area contributed by atoms with E-state index in [0.717, 1.165) is 38.5 Å². The maximum atomic E-state index is 13.1. The van der Waals surface area contributed by atoms with Crippen LogP contribution >= 0.6 is 0 Å². The summed E-state index contributed by atoms with van der Waals surface area (Å²) in [7, 11) is 1.66. The smallest absolute Gasteiger partial charge is 0.170 e. The fraction of sp³-hybridized carbons (Fsp3) is 0.870. The van der Waals surface area contributed by atoms with Gasteiger partial charge in [0.05, 0.1) is 18.8 Å². The Morgan fingerprint density at radius 3 is 2.89 bits per heavy atom. The number of fused-ring (bicyclic) bond motifs is 7. The van der Waals surface area contributed by atoms with Gasteiger partial charge in [-0.15, -0.1) is 0 Å². The number of Topliss-reactive ketones (excluding diaryl/α,β-unsaturated/α-hetero) is 1. The summed E-state index contributed by atoms with van der Waals surface area (Å²) in [5, 5.41) is 10.2. The van der Waals surface area contributed by atoms with Crippen LogP contribution < -0.4 is 0 Å². The Hall–Kier alpha value is -0.710. The van der Waals surface area contributed by atoms with Crippen molar-refractivity contribution < 1.29 is 19.4 Å². The number of epoxide rings is 1. The van der Waals surface area contributed by atoms with Gasteiger partial charge in [0.1, 0.15) is 0 Å². The molecule has 0 amide bonds. The Kier molecular flexibility index (Phi) is 4.00. The van der Waals surface area contributed by atoms with Gasteiger partial charge in [-0.2, -0.15) is 0 Å². The second-order valence-corrected chi connectivity index (χ2v) is 10.4. The third-order valence-electron chi connectivity index (χ3n) is 9.46. The molecule has 1 N–H and O–H groups in total. The van der Waals surface area contributed by atoms with E-state index < -0.39 is 5.60 Å². The van der Waals surface area contributed by atoms with Gasteiger partial charge in [-0.05, 0) is 68.1 Å². The summed E-state index contributed by atoms with van der Waals surface area (Å²) in [4.78, 5) is 13.1. The summed E-state index contributed by atoms with van der Waals surface area (Å²) in [6.07, 6.45) is 10.3. The van der Waals surface area contributed by atoms with Crippen molar-refractivity contribution in [2.24, 2.45) is 28.6 Å². The number of ketones is 1. The Labute approximate surface area is 162 Å². The van der Waals surface area contributed by atoms with Crippen LogP contribution in [0, 0.1) is 28.6 Å². The number of hydrogen-bond donors (Lipinski definition) is 1. The lowest BCUT2D eigenvalue weighted by Gasteiger charge is -2.58. The highest BCUT2D eigenvalue weighted by Crippen LogP contribution is 2.73. The van der Waals surface area contributed by atoms with Crippen molar-refractivity contribution in [3.8, 4) is 0 Å². The number of aliphatic hydroxyl groups is 1. The zero-order valence-corrected chi connectivity index (χ0v) is 17.0. The first-order valence-corrected chi connectivity index (χ1v) is 10.9. The molecule has 0 aromatic carbocycles. The third-order valence-corrected chi connectivity index (χ3v) is 9.46. The first kappa shape index (κ1) is 18.3. The van der Waals surface area contributed by atoms with Gasteiger partial charge in [0.2, 0.25) is 0 Å². The molecule has 1 aliphatic heterocycles. The number of ether oxygens (including phenoxy) is 2. The molecule has 8 atom stereocenters. The topological polar surface area (TPSA) is 59.1 Å². The number of allylic oxidation sites excluding steroid dienone is 1. The Balaban J connectivity index is 1.44. The minimum Gasteiger partial charge on any atom is -0.393 e. The van der Waals surface area contributed by atoms with Crippen LogP contribution in [0.15, 0.2) is 11.6 Å². The van der Waals surface area contributed by atoms with Crippen molar-refractivity contribution in [1.29, 1.82) is 0 Å². The van der Waals surface area contributed by atoms with Gasteiger partial charge in [-0.1, -0.05) is 25.5 Å². The van der Waals surface area contributed by atoms with Crippen molar-refractivity contribution in [2.75, 3.05) is 13.7 Å². The molecule has 150 valence electrons. The SMILES string of the molecule is COCCC(=O)C12OC1CC1C3CC=C4CC(O)CCC4(C)C3CCC12C. The van der Waals surface area contributed by atoms with Gasteiger partial charge in [-0.3, -0.25) is 4.79 Å². The largest absolute Gasteiger partial charge is 0.393 e. The Morgan fingerprint density at radius 1 is 1.30 bits per heavy atom. The van der Waals surface area contributed by atoms with E-state index in [1.165, 1.54) is 12.0 Å². The second kappa shape index (κ2) is 5.90. The molecule has 0 aromatic heterocycles. The second-order valence-electron chi connectivity index (χ2n) is 10.4. The summed E-state index contributed by atoms with van der Waals surface area (Å²) in [6, 6.07) is 0. The van der Waals surface area contributed by atoms with Gasteiger partial charge < -0.3 is 14.6 Å². The molecule has 0 aromatic rings. The van der Waals surface area contributed by atoms with E-state index in [9.17, 15) is 9.90 Å². The molecule has 8 unspecified atom stereocenters. The van der Waals surface area contributed by atoms with E-state index in [1.807, 2.05) is 0 Å². The standard InChI is InChI=1S/C23H34O4/c1-21-9-6-15(24)12-14(21)4-5-16-17(21)7-10-22(2)18(16)13-20-23(22,27-20)19(25)8-11-26-3/h4,15-18,20,24H,5-13H2,1-3H3. The summed E-state index contributed by atoms with van der Waals surface area (Å²) in [6.45, 7) is 5.30. The number of hydrogen-bond acceptors (Lipinski definition) is 4. The molecule has 4 fully saturated rings. The van der Waals surface area contributed by atoms with Crippen molar-refractivity contribution in [2.45, 2.75) is 83.0 Å². The molecular formula is C23H34O4. The van der Waals surface area contributed by atoms with E-state index in [0.29, 0.717) is 30.8 Å². The van der Waals surface area contributed by atoms with Crippen LogP contribution in [0.2, 0.25) is 0 Å². The van der Waals surface area contributed by atoms with Gasteiger partial charge >= 0.3 is 0 Å². The molecule has 1 heterocycles. The zero-order valence-electron chi connectivity index (χ0n) is 17.0. The molecule has 5 rings (SSSR count). The maximum Gasteiger partial charge on any atom is 0.170 e. The molecule has 5 aliphatic rings. The molecular weight excluding hydrogens is 340 g/mol. The van der Waals surface area contributed by atoms with E-state index in [4.69, 9.17) is 9.47 Å². The molecule has 0 radical (unpaired) electrons. The fourth-order valence-corrected chi connectivity index (χ4v) is 7.94. The zero-order chi connectivity index (χ0) is 19.0. The normalized spacial score (nSPS) is 52.9. The van der Waals surface area contributed by atoms with E-state index in [2.05, 4.69) is 19.9 Å². The lowest BCUT2D eigenvalue weighted by atomic mass is 9.47. The maximum absolute atomic E-state index is 13.1. The van der Waals surface area contributed by atoms with E-state index >= 15 is 0 Å². The molecule has 1 saturated heterocycles. The highest BCUT2D eigenvalue weighted by molar-refractivity contribution is 5.92. The molecule has 0 spiro atoms. The van der Waals surface area contributed by atoms with Crippen LogP contribution in [0.25, 0.3) is 0 Å². The number of carbonyl (C=O) groups excluding carboxylic acids is 1. The minimum atomic E-state index is -0.519. The van der Waals surface area contributed by atoms with Crippen LogP contribution in [0.5, 0.6) is 0 Å². The monoisotopic (exact) mass is 374 g/mol. The van der Waals surface area contributed by atoms with Crippen molar-refractivity contribution in [1.82, 2.24) is 0 Å². The van der Waals surface area contributed by atoms with E-state index in [1.54, 1.807) is 7.11 Å². The fourth-order valence-electron chi connectivity index (χ4n) is 7.94. The van der Waals surface area contributed by atoms with Gasteiger partial charge in [0, 0.05) is 18.9 Å². The summed E-state index contributed by atoms with van der Waals surface area (Å²) in [5.41, 5.74) is 1.23. The van der Waals surface area contributed by atoms with Crippen LogP contribution in [0.3, 0.4) is 0 Å². The van der Waals surface area contributed by atoms with Crippen LogP contribution in [-0.2, 0) is 14.3 Å². The summed E-state index contributed by atoms with van der Waals surface area (Å²) >= 11 is 0. The molecule has 4 aliphatic carbocycles. The number of rotatable bonds is 4. The number of methoxy groups -OCH3 is 1. The average Bonchev–Trinajstić information content (AvgIpc) is 3.32. The van der Waals surface area contributed by atoms with Crippen LogP contribution in [0.4, 0.5) is 0 Å². The Bertz CT molecular complexity index is 686. The molecule has 4 nitrogen and oxygen atoms in total. The van der Waals surface area contributed by atoms with Crippen molar-refractivity contribution in [3.63, 3.8) is 0 Å². The average molecular weight is 375 g/mol. The van der Waals surface area contributed by atoms with Crippen LogP contribution in [0.1, 0.15) is 65.2 Å². The van der Waals surface area contributed by atoms with Gasteiger partial charge in [0.15, 0.2) is 11.4 Å². The molecule has 3 saturated carbocycles. The number of aliphatic hydroxyl groups excluding tert-OH is 1. The van der Waals surface area contributed by atoms with E-state index in [-0.39, 0.29) is 28.8 Å². The lowest BCUT2D eigenvalue weighted by Crippen LogP contribution is -2.54. The molecule has 0 bridgehead atoms. The first-order valence-electron chi connectivity index (χ1n) is 10.9. The molecule has 27 heavy (non-hydrogen) atoms. The number of carbonyl (C=O) groups is 1. The first-order chi connectivity index (χ1) is 12.9. The lowest BCUT2D eigenvalue weighted by molar-refractivity contribution is -0.138. The summed E-state index contributed by atoms with van der Waals surface area (Å²) < 4.78 is 11.3. The van der Waals surface area contributed by atoms with Crippen molar-refractivity contribution in [3.05, 3.63) is 11.6 Å².